The van der Waals surface area contributed by atoms with E-state index in [2.05, 4.69) is 95.3 Å². The van der Waals surface area contributed by atoms with Crippen molar-refractivity contribution >= 4 is 48.4 Å². The number of aromatic amines is 1. The van der Waals surface area contributed by atoms with Crippen LogP contribution in [0.2, 0.25) is 0 Å². The van der Waals surface area contributed by atoms with Gasteiger partial charge < -0.3 is 60.3 Å². The van der Waals surface area contributed by atoms with Crippen LogP contribution in [0.4, 0.5) is 34.7 Å². The Balaban J connectivity index is 2.22. The number of anilines is 1. The summed E-state index contributed by atoms with van der Waals surface area (Å²) in [4.78, 5) is 103. The van der Waals surface area contributed by atoms with Crippen LogP contribution in [0.25, 0.3) is 0 Å². The van der Waals surface area contributed by atoms with Gasteiger partial charge in [-0.25, -0.2) is 38.5 Å². The molecule has 0 aromatic carbocycles. The minimum atomic E-state index is -0.694. The molecule has 0 spiro atoms. The highest BCUT2D eigenvalue weighted by atomic mass is 16.6. The first-order valence-electron chi connectivity index (χ1n) is 24.6. The number of amides is 7. The zero-order valence-electron chi connectivity index (χ0n) is 44.7. The summed E-state index contributed by atoms with van der Waals surface area (Å²) < 4.78 is 30.9. The van der Waals surface area contributed by atoms with Gasteiger partial charge in [0.1, 0.15) is 38.6 Å². The Morgan fingerprint density at radius 3 is 1.39 bits per heavy atom. The highest BCUT2D eigenvalue weighted by Crippen LogP contribution is 2.30. The molecule has 1 aromatic heterocycles. The second kappa shape index (κ2) is 32.6. The largest absolute Gasteiger partial charge is 0.459 e. The molecule has 7 amide bonds. The van der Waals surface area contributed by atoms with Crippen LogP contribution in [0, 0.1) is 40.9 Å². The number of rotatable bonds is 32. The second-order valence-corrected chi connectivity index (χ2v) is 20.9. The molecular weight excluding hydrogens is 939 g/mol. The summed E-state index contributed by atoms with van der Waals surface area (Å²) in [6, 6.07) is 0.848. The van der Waals surface area contributed by atoms with Crippen molar-refractivity contribution in [1.82, 2.24) is 41.9 Å². The minimum absolute atomic E-state index is 0.0614. The summed E-state index contributed by atoms with van der Waals surface area (Å²) in [5, 5.41) is 19.0. The van der Waals surface area contributed by atoms with E-state index in [0.29, 0.717) is 64.2 Å². The number of H-pyrrole nitrogens is 1. The fraction of sp³-hybridized carbons (Fsp3) is 0.735. The van der Waals surface area contributed by atoms with Crippen molar-refractivity contribution in [2.75, 3.05) is 71.0 Å². The van der Waals surface area contributed by atoms with E-state index in [1.54, 1.807) is 20.8 Å². The van der Waals surface area contributed by atoms with Crippen molar-refractivity contribution in [2.24, 2.45) is 34.0 Å². The van der Waals surface area contributed by atoms with Crippen LogP contribution >= 0.6 is 0 Å². The highest BCUT2D eigenvalue weighted by Gasteiger charge is 2.25. The molecule has 23 nitrogen and oxygen atoms in total. The van der Waals surface area contributed by atoms with Crippen LogP contribution in [-0.2, 0) is 33.2 Å². The van der Waals surface area contributed by atoms with Gasteiger partial charge in [0.2, 0.25) is 5.95 Å². The molecule has 0 bridgehead atoms. The molecule has 5 atom stereocenters. The third-order valence-electron chi connectivity index (χ3n) is 11.1. The summed E-state index contributed by atoms with van der Waals surface area (Å²) in [6.07, 6.45) is 0.664. The molecule has 0 saturated heterocycles. The molecule has 0 aliphatic heterocycles. The average Bonchev–Trinajstić information content (AvgIpc) is 3.25. The lowest BCUT2D eigenvalue weighted by Gasteiger charge is -2.28. The Morgan fingerprint density at radius 2 is 0.986 bits per heavy atom. The van der Waals surface area contributed by atoms with Gasteiger partial charge >= 0.3 is 42.5 Å². The molecule has 8 N–H and O–H groups in total. The van der Waals surface area contributed by atoms with E-state index < -0.39 is 54.7 Å². The summed E-state index contributed by atoms with van der Waals surface area (Å²) >= 11 is 0. The first kappa shape index (κ1) is 63.7. The van der Waals surface area contributed by atoms with E-state index in [0.717, 1.165) is 25.3 Å². The van der Waals surface area contributed by atoms with Gasteiger partial charge in [0.15, 0.2) is 0 Å². The fourth-order valence-corrected chi connectivity index (χ4v) is 7.83. The van der Waals surface area contributed by atoms with Crippen LogP contribution < -0.4 is 42.8 Å². The Bertz CT molecular complexity index is 1940. The summed E-state index contributed by atoms with van der Waals surface area (Å²) in [5.41, 5.74) is -0.395. The number of carbonyl (C=O) groups excluding carboxylic acids is 7. The molecule has 1 heterocycles. The molecule has 1 aromatic rings. The van der Waals surface area contributed by atoms with Crippen molar-refractivity contribution < 1.29 is 62.0 Å². The van der Waals surface area contributed by atoms with Gasteiger partial charge in [-0.15, -0.1) is 0 Å². The predicted octanol–water partition coefficient (Wildman–Crippen LogP) is 6.66. The van der Waals surface area contributed by atoms with Crippen molar-refractivity contribution in [2.45, 2.75) is 134 Å². The topological polar surface area (TPSA) is 305 Å². The lowest BCUT2D eigenvalue weighted by Crippen LogP contribution is -2.36. The van der Waals surface area contributed by atoms with Crippen molar-refractivity contribution in [3.05, 3.63) is 34.8 Å². The lowest BCUT2D eigenvalue weighted by molar-refractivity contribution is -0.138. The number of nitrogens with zero attached hydrogens (tertiary/aromatic N) is 1. The molecule has 0 fully saturated rings. The van der Waals surface area contributed by atoms with Gasteiger partial charge in [-0.05, 0) is 93.3 Å². The maximum atomic E-state index is 12.5. The van der Waals surface area contributed by atoms with E-state index >= 15 is 0 Å². The predicted molar refractivity (Wildman–Crippen MR) is 270 cm³/mol. The van der Waals surface area contributed by atoms with Crippen molar-refractivity contribution in [3.8, 4) is 0 Å². The van der Waals surface area contributed by atoms with Gasteiger partial charge in [0.05, 0.1) is 0 Å². The molecule has 23 heteroatoms. The van der Waals surface area contributed by atoms with Gasteiger partial charge in [-0.3, -0.25) is 15.1 Å². The van der Waals surface area contributed by atoms with Crippen LogP contribution in [0.1, 0.15) is 120 Å². The van der Waals surface area contributed by atoms with E-state index in [-0.39, 0.29) is 71.9 Å². The molecule has 72 heavy (non-hydrogen) atoms. The molecule has 410 valence electrons. The number of esters is 1. The number of nitrogens with one attached hydrogen (secondary N) is 8. The van der Waals surface area contributed by atoms with Gasteiger partial charge in [-0.1, -0.05) is 68.9 Å². The first-order chi connectivity index (χ1) is 33.6. The first-order valence-corrected chi connectivity index (χ1v) is 24.6. The molecule has 5 unspecified atom stereocenters. The Labute approximate surface area is 424 Å². The van der Waals surface area contributed by atoms with Crippen LogP contribution in [0.15, 0.2) is 23.5 Å². The number of carbonyl (C=O) groups is 7. The molecular formula is C49H85N9O14. The van der Waals surface area contributed by atoms with Crippen LogP contribution in [0.5, 0.6) is 0 Å². The summed E-state index contributed by atoms with van der Waals surface area (Å²) in [6.45, 7) is 28.3. The molecule has 0 aliphatic rings. The number of aromatic nitrogens is 2. The maximum absolute atomic E-state index is 12.5. The lowest BCUT2D eigenvalue weighted by atomic mass is 9.80. The summed E-state index contributed by atoms with van der Waals surface area (Å²) in [7, 11) is 0. The highest BCUT2D eigenvalue weighted by molar-refractivity contribution is 5.87. The van der Waals surface area contributed by atoms with Gasteiger partial charge in [0, 0.05) is 57.1 Å². The fourth-order valence-electron chi connectivity index (χ4n) is 7.83. The van der Waals surface area contributed by atoms with Gasteiger partial charge in [0.25, 0.3) is 5.56 Å². The Hall–Kier alpha value is -6.29. The zero-order chi connectivity index (χ0) is 54.5. The number of hydrogen-bond acceptors (Lipinski definition) is 15. The number of aryl methyl sites for hydroxylation is 1. The average molecular weight is 1020 g/mol. The third kappa shape index (κ3) is 32.6. The Kier molecular flexibility index (Phi) is 28.9. The standard InChI is InChI=1S/C49H85N9O14/c1-14-39(60)67-21-22-68-42(62)50-18-15-48(10,11)25-33(3)28-54-45(65)71-37(7)31-70-44(64)52-20-17-49(12,13)26-34(4)29-55-46(66)72-36(6)30-69-43(63)51-19-16-47(8,9)24-32(2)27-53-41(61)58-40-56-35(5)23-38(59)57-40/h14,23,32-34,36-37H,1,15-22,24-31H2,2-13H3,(H,50,62)(H,51,63)(H,52,64)(H,54,65)(H,55,66)(H3,53,56,57,58,59,61). The smallest absolute Gasteiger partial charge is 0.407 e. The van der Waals surface area contributed by atoms with Crippen molar-refractivity contribution in [3.63, 3.8) is 0 Å². The normalized spacial score (nSPS) is 13.6. The van der Waals surface area contributed by atoms with Crippen LogP contribution in [0.3, 0.4) is 0 Å². The summed E-state index contributed by atoms with van der Waals surface area (Å²) in [5.74, 6) is -0.241. The molecule has 0 radical (unpaired) electrons. The molecule has 1 rings (SSSR count). The third-order valence-corrected chi connectivity index (χ3v) is 11.1. The second-order valence-electron chi connectivity index (χ2n) is 20.9. The zero-order valence-corrected chi connectivity index (χ0v) is 44.7. The van der Waals surface area contributed by atoms with E-state index in [1.165, 1.54) is 6.07 Å². The SMILES string of the molecule is C=CC(=O)OCCOC(=O)NCCC(C)(C)CC(C)CNC(=O)OC(C)COC(=O)NCCC(C)(C)CC(C)CNC(=O)OC(C)COC(=O)NCCC(C)(C)CC(C)CNC(=O)Nc1nc(C)cc(=O)[nH]1. The molecule has 0 saturated carbocycles. The molecule has 0 aliphatic carbocycles. The Morgan fingerprint density at radius 1 is 0.597 bits per heavy atom. The van der Waals surface area contributed by atoms with Crippen molar-refractivity contribution in [1.29, 1.82) is 0 Å². The number of hydrogen-bond donors (Lipinski definition) is 8. The van der Waals surface area contributed by atoms with E-state index in [9.17, 15) is 38.4 Å². The quantitative estimate of drug-likeness (QED) is 0.0162. The number of urea groups is 1. The minimum Gasteiger partial charge on any atom is -0.459 e. The number of ether oxygens (including phenoxy) is 6. The maximum Gasteiger partial charge on any atom is 0.407 e. The monoisotopic (exact) mass is 1020 g/mol. The van der Waals surface area contributed by atoms with E-state index in [4.69, 9.17) is 28.4 Å². The van der Waals surface area contributed by atoms with Gasteiger partial charge in [-0.2, -0.15) is 0 Å². The number of alkyl carbamates (subject to hydrolysis) is 5. The van der Waals surface area contributed by atoms with E-state index in [1.807, 2.05) is 20.8 Å². The van der Waals surface area contributed by atoms with Crippen LogP contribution in [-0.4, -0.2) is 130 Å².